The van der Waals surface area contributed by atoms with E-state index in [0.29, 0.717) is 11.8 Å². The molecular formula is C21H26N2O4. The van der Waals surface area contributed by atoms with Crippen molar-refractivity contribution in [3.05, 3.63) is 29.8 Å². The molecule has 4 saturated carbocycles. The van der Waals surface area contributed by atoms with Crippen LogP contribution in [0.5, 0.6) is 0 Å². The highest BCUT2D eigenvalue weighted by atomic mass is 16.4. The van der Waals surface area contributed by atoms with E-state index in [1.54, 1.807) is 12.1 Å². The summed E-state index contributed by atoms with van der Waals surface area (Å²) in [5.74, 6) is 1.71. The maximum atomic E-state index is 12.9. The molecule has 6 heteroatoms. The highest BCUT2D eigenvalue weighted by Crippen LogP contribution is 2.56. The molecule has 0 unspecified atom stereocenters. The molecule has 4 fully saturated rings. The third kappa shape index (κ3) is 3.99. The number of amides is 2. The molecular weight excluding hydrogens is 344 g/mol. The third-order valence-electron chi connectivity index (χ3n) is 6.55. The second-order valence-corrected chi connectivity index (χ2v) is 8.49. The van der Waals surface area contributed by atoms with Crippen LogP contribution in [-0.4, -0.2) is 29.4 Å². The van der Waals surface area contributed by atoms with Crippen molar-refractivity contribution in [1.29, 1.82) is 0 Å². The largest absolute Gasteiger partial charge is 0.480 e. The summed E-state index contributed by atoms with van der Waals surface area (Å²) in [6.07, 6.45) is 6.37. The summed E-state index contributed by atoms with van der Waals surface area (Å²) < 4.78 is 0. The number of carboxylic acid groups (broad SMARTS) is 1. The normalized spacial score (nSPS) is 30.7. The Morgan fingerprint density at radius 3 is 2.07 bits per heavy atom. The first-order valence-corrected chi connectivity index (χ1v) is 9.86. The Kier molecular flexibility index (Phi) is 4.89. The summed E-state index contributed by atoms with van der Waals surface area (Å²) in [6, 6.07) is 7.22. The summed E-state index contributed by atoms with van der Waals surface area (Å²) >= 11 is 0. The number of carbonyl (C=O) groups is 3. The van der Waals surface area contributed by atoms with Crippen LogP contribution in [0.4, 0.5) is 5.69 Å². The Balaban J connectivity index is 1.32. The molecule has 5 rings (SSSR count). The van der Waals surface area contributed by atoms with Gasteiger partial charge in [-0.15, -0.1) is 0 Å². The van der Waals surface area contributed by atoms with Gasteiger partial charge in [0.15, 0.2) is 0 Å². The van der Waals surface area contributed by atoms with Gasteiger partial charge in [0.05, 0.1) is 6.42 Å². The highest BCUT2D eigenvalue weighted by Gasteiger charge is 2.50. The summed E-state index contributed by atoms with van der Waals surface area (Å²) in [5.41, 5.74) is 1.54. The zero-order valence-corrected chi connectivity index (χ0v) is 15.3. The number of hydrogen-bond acceptors (Lipinski definition) is 3. The number of benzene rings is 1. The highest BCUT2D eigenvalue weighted by molar-refractivity contribution is 5.93. The van der Waals surface area contributed by atoms with Gasteiger partial charge in [0.1, 0.15) is 6.54 Å². The van der Waals surface area contributed by atoms with Crippen LogP contribution in [0.3, 0.4) is 0 Å². The van der Waals surface area contributed by atoms with Gasteiger partial charge in [-0.1, -0.05) is 12.1 Å². The first-order chi connectivity index (χ1) is 13.0. The lowest BCUT2D eigenvalue weighted by atomic mass is 9.51. The monoisotopic (exact) mass is 370 g/mol. The van der Waals surface area contributed by atoms with Crippen LogP contribution in [0.1, 0.15) is 37.7 Å². The van der Waals surface area contributed by atoms with Crippen molar-refractivity contribution in [2.24, 2.45) is 29.6 Å². The number of hydrogen-bond donors (Lipinski definition) is 3. The second-order valence-electron chi connectivity index (χ2n) is 8.49. The Labute approximate surface area is 158 Å². The molecule has 2 amide bonds. The molecule has 0 saturated heterocycles. The topological polar surface area (TPSA) is 95.5 Å². The van der Waals surface area contributed by atoms with Crippen molar-refractivity contribution < 1.29 is 19.5 Å². The minimum absolute atomic E-state index is 0.122. The van der Waals surface area contributed by atoms with Gasteiger partial charge in [-0.25, -0.2) is 0 Å². The fraction of sp³-hybridized carbons (Fsp3) is 0.571. The first kappa shape index (κ1) is 18.0. The fourth-order valence-electron chi connectivity index (χ4n) is 5.71. The quantitative estimate of drug-likeness (QED) is 0.717. The number of nitrogens with one attached hydrogen (secondary N) is 2. The van der Waals surface area contributed by atoms with Crippen molar-refractivity contribution in [3.63, 3.8) is 0 Å². The zero-order chi connectivity index (χ0) is 19.0. The van der Waals surface area contributed by atoms with E-state index in [4.69, 9.17) is 5.11 Å². The molecule has 0 radical (unpaired) electrons. The minimum Gasteiger partial charge on any atom is -0.480 e. The standard InChI is InChI=1S/C21H26N2O4/c24-18(22-11-19(25)26)10-12-1-3-17(4-2-12)23-21(27)20-15-6-13-5-14(8-15)9-16(20)7-13/h1-4,13-16,20H,5-11H2,(H,22,24)(H,23,27)(H,25,26). The molecule has 6 nitrogen and oxygen atoms in total. The van der Waals surface area contributed by atoms with Crippen molar-refractivity contribution in [2.45, 2.75) is 38.5 Å². The number of anilines is 1. The van der Waals surface area contributed by atoms with Gasteiger partial charge in [-0.3, -0.25) is 14.4 Å². The van der Waals surface area contributed by atoms with Crippen molar-refractivity contribution >= 4 is 23.5 Å². The van der Waals surface area contributed by atoms with Gasteiger partial charge in [0.2, 0.25) is 11.8 Å². The molecule has 0 spiro atoms. The average Bonchev–Trinajstić information content (AvgIpc) is 2.61. The van der Waals surface area contributed by atoms with Gasteiger partial charge in [0, 0.05) is 11.6 Å². The maximum Gasteiger partial charge on any atom is 0.322 e. The van der Waals surface area contributed by atoms with Crippen molar-refractivity contribution in [3.8, 4) is 0 Å². The molecule has 4 aliphatic rings. The van der Waals surface area contributed by atoms with E-state index in [-0.39, 0.29) is 30.7 Å². The third-order valence-corrected chi connectivity index (χ3v) is 6.55. The average molecular weight is 370 g/mol. The fourth-order valence-corrected chi connectivity index (χ4v) is 5.71. The van der Waals surface area contributed by atoms with Crippen LogP contribution in [0.15, 0.2) is 24.3 Å². The van der Waals surface area contributed by atoms with Gasteiger partial charge in [0.25, 0.3) is 0 Å². The SMILES string of the molecule is O=C(O)CNC(=O)Cc1ccc(NC(=O)C2C3CC4CC(C3)CC2C4)cc1. The lowest BCUT2D eigenvalue weighted by molar-refractivity contribution is -0.137. The molecule has 4 bridgehead atoms. The van der Waals surface area contributed by atoms with Gasteiger partial charge < -0.3 is 15.7 Å². The lowest BCUT2D eigenvalue weighted by Crippen LogP contribution is -2.49. The zero-order valence-electron chi connectivity index (χ0n) is 15.3. The number of aliphatic carboxylic acids is 1. The van der Waals surface area contributed by atoms with Gasteiger partial charge in [-0.2, -0.15) is 0 Å². The Bertz CT molecular complexity index is 715. The number of rotatable bonds is 6. The van der Waals surface area contributed by atoms with E-state index in [1.807, 2.05) is 12.1 Å². The van der Waals surface area contributed by atoms with Crippen LogP contribution in [0.2, 0.25) is 0 Å². The molecule has 1 aromatic carbocycles. The summed E-state index contributed by atoms with van der Waals surface area (Å²) in [7, 11) is 0. The lowest BCUT2D eigenvalue weighted by Gasteiger charge is -2.53. The number of carbonyl (C=O) groups excluding carboxylic acids is 2. The summed E-state index contributed by atoms with van der Waals surface area (Å²) in [6.45, 7) is -0.377. The Hall–Kier alpha value is -2.37. The van der Waals surface area contributed by atoms with Crippen LogP contribution < -0.4 is 10.6 Å². The van der Waals surface area contributed by atoms with E-state index < -0.39 is 5.97 Å². The smallest absolute Gasteiger partial charge is 0.322 e. The molecule has 0 atom stereocenters. The molecule has 27 heavy (non-hydrogen) atoms. The van der Waals surface area contributed by atoms with E-state index in [2.05, 4.69) is 10.6 Å². The predicted octanol–water partition coefficient (Wildman–Crippen LogP) is 2.44. The van der Waals surface area contributed by atoms with E-state index >= 15 is 0 Å². The van der Waals surface area contributed by atoms with Crippen LogP contribution >= 0.6 is 0 Å². The predicted molar refractivity (Wildman–Crippen MR) is 100.0 cm³/mol. The van der Waals surface area contributed by atoms with E-state index in [9.17, 15) is 14.4 Å². The molecule has 1 aromatic rings. The second kappa shape index (κ2) is 7.33. The van der Waals surface area contributed by atoms with Crippen LogP contribution in [-0.2, 0) is 20.8 Å². The maximum absolute atomic E-state index is 12.9. The van der Waals surface area contributed by atoms with E-state index in [1.165, 1.54) is 32.1 Å². The molecule has 0 heterocycles. The Morgan fingerprint density at radius 2 is 1.52 bits per heavy atom. The van der Waals surface area contributed by atoms with Gasteiger partial charge >= 0.3 is 5.97 Å². The number of carboxylic acids is 1. The van der Waals surface area contributed by atoms with Crippen molar-refractivity contribution in [1.82, 2.24) is 5.32 Å². The van der Waals surface area contributed by atoms with Crippen LogP contribution in [0, 0.1) is 29.6 Å². The summed E-state index contributed by atoms with van der Waals surface area (Å²) in [5, 5.41) is 14.0. The molecule has 144 valence electrons. The summed E-state index contributed by atoms with van der Waals surface area (Å²) in [4.78, 5) is 35.0. The minimum atomic E-state index is -1.06. The molecule has 3 N–H and O–H groups in total. The first-order valence-electron chi connectivity index (χ1n) is 9.86. The van der Waals surface area contributed by atoms with Crippen molar-refractivity contribution in [2.75, 3.05) is 11.9 Å². The van der Waals surface area contributed by atoms with Crippen LogP contribution in [0.25, 0.3) is 0 Å². The Morgan fingerprint density at radius 1 is 0.926 bits per heavy atom. The van der Waals surface area contributed by atoms with Gasteiger partial charge in [-0.05, 0) is 73.5 Å². The molecule has 0 aliphatic heterocycles. The van der Waals surface area contributed by atoms with E-state index in [0.717, 1.165) is 23.1 Å². The molecule has 0 aromatic heterocycles. The molecule has 4 aliphatic carbocycles.